The maximum atomic E-state index is 12.7. The van der Waals surface area contributed by atoms with Crippen LogP contribution in [0, 0.1) is 5.92 Å². The third-order valence-corrected chi connectivity index (χ3v) is 4.55. The number of fused-ring (bicyclic) bond motifs is 1. The molecule has 1 saturated carbocycles. The molecule has 1 amide bonds. The highest BCUT2D eigenvalue weighted by Crippen LogP contribution is 2.37. The molecule has 2 aliphatic rings. The van der Waals surface area contributed by atoms with Crippen LogP contribution < -0.4 is 15.2 Å². The number of carbonyl (C=O) groups is 1. The Hall–Kier alpha value is -1.91. The van der Waals surface area contributed by atoms with Gasteiger partial charge in [0.05, 0.1) is 5.56 Å². The van der Waals surface area contributed by atoms with E-state index in [0.717, 1.165) is 12.8 Å². The van der Waals surface area contributed by atoms with E-state index < -0.39 is 0 Å². The van der Waals surface area contributed by atoms with Crippen molar-refractivity contribution in [2.24, 2.45) is 5.92 Å². The average Bonchev–Trinajstić information content (AvgIpc) is 2.92. The molecule has 2 atom stereocenters. The van der Waals surface area contributed by atoms with E-state index in [2.05, 4.69) is 6.92 Å². The molecule has 0 spiro atoms. The molecular weight excluding hydrogens is 268 g/mol. The fraction of sp³-hybridized carbons (Fsp3) is 0.562. The van der Waals surface area contributed by atoms with Crippen LogP contribution in [0.5, 0.6) is 11.5 Å². The van der Waals surface area contributed by atoms with Crippen LogP contribution in [0.25, 0.3) is 0 Å². The molecule has 0 radical (unpaired) electrons. The molecule has 1 aliphatic heterocycles. The SMILES string of the molecule is CC1CCCC(N(C)C(=O)c2cc3c(cc2N)OCO3)C1. The van der Waals surface area contributed by atoms with Gasteiger partial charge in [-0.05, 0) is 24.8 Å². The number of rotatable bonds is 2. The standard InChI is InChI=1S/C16H22N2O3/c1-10-4-3-5-11(6-10)18(2)16(19)12-7-14-15(8-13(12)17)21-9-20-14/h7-8,10-11H,3-6,9,17H2,1-2H3. The fourth-order valence-electron chi connectivity index (χ4n) is 3.25. The molecule has 114 valence electrons. The van der Waals surface area contributed by atoms with Gasteiger partial charge in [0.1, 0.15) is 0 Å². The first-order valence-electron chi connectivity index (χ1n) is 7.52. The summed E-state index contributed by atoms with van der Waals surface area (Å²) in [5, 5.41) is 0. The van der Waals surface area contributed by atoms with E-state index in [1.165, 1.54) is 12.8 Å². The zero-order chi connectivity index (χ0) is 15.0. The second kappa shape index (κ2) is 5.47. The van der Waals surface area contributed by atoms with E-state index in [-0.39, 0.29) is 12.7 Å². The lowest BCUT2D eigenvalue weighted by molar-refractivity contribution is 0.0673. The second-order valence-corrected chi connectivity index (χ2v) is 6.13. The van der Waals surface area contributed by atoms with Crippen molar-refractivity contribution in [3.8, 4) is 11.5 Å². The van der Waals surface area contributed by atoms with Crippen LogP contribution in [-0.4, -0.2) is 30.7 Å². The molecule has 0 saturated heterocycles. The van der Waals surface area contributed by atoms with Crippen LogP contribution in [0.4, 0.5) is 5.69 Å². The highest BCUT2D eigenvalue weighted by molar-refractivity contribution is 6.00. The largest absolute Gasteiger partial charge is 0.454 e. The van der Waals surface area contributed by atoms with Crippen LogP contribution in [0.2, 0.25) is 0 Å². The number of hydrogen-bond donors (Lipinski definition) is 1. The topological polar surface area (TPSA) is 64.8 Å². The Morgan fingerprint density at radius 3 is 2.71 bits per heavy atom. The van der Waals surface area contributed by atoms with Crippen molar-refractivity contribution in [2.45, 2.75) is 38.6 Å². The number of hydrogen-bond acceptors (Lipinski definition) is 4. The van der Waals surface area contributed by atoms with Crippen molar-refractivity contribution in [1.29, 1.82) is 0 Å². The molecule has 0 bridgehead atoms. The molecule has 1 heterocycles. The Balaban J connectivity index is 1.81. The molecule has 5 nitrogen and oxygen atoms in total. The van der Waals surface area contributed by atoms with Crippen molar-refractivity contribution in [3.05, 3.63) is 17.7 Å². The fourth-order valence-corrected chi connectivity index (χ4v) is 3.25. The number of anilines is 1. The molecule has 21 heavy (non-hydrogen) atoms. The van der Waals surface area contributed by atoms with Gasteiger partial charge in [-0.2, -0.15) is 0 Å². The number of nitrogens with zero attached hydrogens (tertiary/aromatic N) is 1. The summed E-state index contributed by atoms with van der Waals surface area (Å²) >= 11 is 0. The average molecular weight is 290 g/mol. The van der Waals surface area contributed by atoms with Gasteiger partial charge in [-0.1, -0.05) is 19.8 Å². The lowest BCUT2D eigenvalue weighted by Gasteiger charge is -2.34. The van der Waals surface area contributed by atoms with Gasteiger partial charge in [-0.3, -0.25) is 4.79 Å². The lowest BCUT2D eigenvalue weighted by Crippen LogP contribution is -2.40. The summed E-state index contributed by atoms with van der Waals surface area (Å²) in [5.41, 5.74) is 6.95. The molecular formula is C16H22N2O3. The first-order valence-corrected chi connectivity index (χ1v) is 7.52. The molecule has 1 aliphatic carbocycles. The number of benzene rings is 1. The first-order chi connectivity index (χ1) is 10.1. The van der Waals surface area contributed by atoms with Gasteiger partial charge in [0.2, 0.25) is 6.79 Å². The summed E-state index contributed by atoms with van der Waals surface area (Å²) < 4.78 is 10.6. The molecule has 5 heteroatoms. The van der Waals surface area contributed by atoms with Gasteiger partial charge in [-0.15, -0.1) is 0 Å². The molecule has 1 fully saturated rings. The van der Waals surface area contributed by atoms with Gasteiger partial charge < -0.3 is 20.1 Å². The van der Waals surface area contributed by atoms with Gasteiger partial charge in [0.15, 0.2) is 11.5 Å². The predicted molar refractivity (Wildman–Crippen MR) is 80.5 cm³/mol. The minimum Gasteiger partial charge on any atom is -0.454 e. The molecule has 1 aromatic carbocycles. The van der Waals surface area contributed by atoms with Crippen molar-refractivity contribution in [3.63, 3.8) is 0 Å². The summed E-state index contributed by atoms with van der Waals surface area (Å²) in [7, 11) is 1.87. The quantitative estimate of drug-likeness (QED) is 0.850. The van der Waals surface area contributed by atoms with Gasteiger partial charge in [-0.25, -0.2) is 0 Å². The summed E-state index contributed by atoms with van der Waals surface area (Å²) in [4.78, 5) is 14.6. The molecule has 3 rings (SSSR count). The smallest absolute Gasteiger partial charge is 0.256 e. The van der Waals surface area contributed by atoms with E-state index in [4.69, 9.17) is 15.2 Å². The van der Waals surface area contributed by atoms with Crippen LogP contribution in [-0.2, 0) is 0 Å². The van der Waals surface area contributed by atoms with E-state index in [0.29, 0.717) is 34.7 Å². The zero-order valence-electron chi connectivity index (χ0n) is 12.6. The predicted octanol–water partition coefficient (Wildman–Crippen LogP) is 2.65. The van der Waals surface area contributed by atoms with E-state index in [9.17, 15) is 4.79 Å². The Morgan fingerprint density at radius 2 is 2.00 bits per heavy atom. The van der Waals surface area contributed by atoms with Gasteiger partial charge >= 0.3 is 0 Å². The van der Waals surface area contributed by atoms with Crippen LogP contribution in [0.3, 0.4) is 0 Å². The van der Waals surface area contributed by atoms with Crippen LogP contribution in [0.1, 0.15) is 43.0 Å². The normalized spacial score (nSPS) is 23.9. The maximum absolute atomic E-state index is 12.7. The van der Waals surface area contributed by atoms with Gasteiger partial charge in [0.25, 0.3) is 5.91 Å². The third-order valence-electron chi connectivity index (χ3n) is 4.55. The van der Waals surface area contributed by atoms with E-state index >= 15 is 0 Å². The summed E-state index contributed by atoms with van der Waals surface area (Å²) in [5.74, 6) is 1.84. The lowest BCUT2D eigenvalue weighted by atomic mass is 9.86. The number of nitrogen functional groups attached to an aromatic ring is 1. The molecule has 2 unspecified atom stereocenters. The van der Waals surface area contributed by atoms with E-state index in [1.54, 1.807) is 12.1 Å². The summed E-state index contributed by atoms with van der Waals surface area (Å²) in [6.45, 7) is 2.43. The number of nitrogens with two attached hydrogens (primary N) is 1. The highest BCUT2D eigenvalue weighted by Gasteiger charge is 2.28. The second-order valence-electron chi connectivity index (χ2n) is 6.13. The molecule has 0 aromatic heterocycles. The summed E-state index contributed by atoms with van der Waals surface area (Å²) in [6, 6.07) is 3.67. The third kappa shape index (κ3) is 2.64. The molecule has 2 N–H and O–H groups in total. The Labute approximate surface area is 125 Å². The van der Waals surface area contributed by atoms with Crippen molar-refractivity contribution < 1.29 is 14.3 Å². The first kappa shape index (κ1) is 14.0. The summed E-state index contributed by atoms with van der Waals surface area (Å²) in [6.07, 6.45) is 4.56. The van der Waals surface area contributed by atoms with Crippen LogP contribution in [0.15, 0.2) is 12.1 Å². The Morgan fingerprint density at radius 1 is 1.29 bits per heavy atom. The van der Waals surface area contributed by atoms with Crippen molar-refractivity contribution >= 4 is 11.6 Å². The maximum Gasteiger partial charge on any atom is 0.256 e. The zero-order valence-corrected chi connectivity index (χ0v) is 12.6. The minimum absolute atomic E-state index is 0.0371. The minimum atomic E-state index is -0.0371. The Kier molecular flexibility index (Phi) is 3.66. The van der Waals surface area contributed by atoms with Crippen molar-refractivity contribution in [1.82, 2.24) is 4.90 Å². The van der Waals surface area contributed by atoms with Crippen molar-refractivity contribution in [2.75, 3.05) is 19.6 Å². The number of carbonyl (C=O) groups excluding carboxylic acids is 1. The number of ether oxygens (including phenoxy) is 2. The Bertz CT molecular complexity index is 559. The highest BCUT2D eigenvalue weighted by atomic mass is 16.7. The monoisotopic (exact) mass is 290 g/mol. The van der Waals surface area contributed by atoms with E-state index in [1.807, 2.05) is 11.9 Å². The van der Waals surface area contributed by atoms with Crippen LogP contribution >= 0.6 is 0 Å². The van der Waals surface area contributed by atoms with Gasteiger partial charge in [0, 0.05) is 24.8 Å². The number of amides is 1. The molecule has 1 aromatic rings.